The Kier molecular flexibility index (Phi) is 12.2. The van der Waals surface area contributed by atoms with E-state index in [1.165, 1.54) is 18.9 Å². The second-order valence-electron chi connectivity index (χ2n) is 20.6. The molecule has 5 heterocycles. The average molecular weight is 855 g/mol. The van der Waals surface area contributed by atoms with Gasteiger partial charge in [0.05, 0.1) is 38.1 Å². The maximum Gasteiger partial charge on any atom is 0.187 e. The standard InChI is InChI=1S/C44H70O16/c1-19-8-13-44(54-17-19)20(2)30-28(60-44)15-26-24-7-6-22-14-23(9-11-42(22,4)25(24)10-12-43(26,30)5)56-41-38(59-40-35(51)33(49)31(47)21(3)55-40)36(52)37(29(16-45)57-41)58-39-34(50)32(48)27(46)18-53-39/h6,19-21,23-41,45-52H,7-18H2,1-5H3/t19-,20+,21?,23+,24?,25?,26?,27?,28?,29?,30?,31?,32?,33?,34?,35?,36?,37?,38?,39?,40?,41?,42+,43+,44-/m0/s1. The van der Waals surface area contributed by atoms with E-state index in [1.807, 2.05) is 0 Å². The molecule has 25 atom stereocenters. The first kappa shape index (κ1) is 44.3. The predicted octanol–water partition coefficient (Wildman–Crippen LogP) is 0.853. The molecule has 16 nitrogen and oxygen atoms in total. The van der Waals surface area contributed by atoms with Crippen molar-refractivity contribution in [3.63, 3.8) is 0 Å². The van der Waals surface area contributed by atoms with Crippen LogP contribution in [0.3, 0.4) is 0 Å². The van der Waals surface area contributed by atoms with Crippen LogP contribution in [0.1, 0.15) is 92.4 Å². The summed E-state index contributed by atoms with van der Waals surface area (Å²) < 4.78 is 49.8. The number of hydrogen-bond acceptors (Lipinski definition) is 16. The van der Waals surface area contributed by atoms with E-state index in [1.54, 1.807) is 0 Å². The quantitative estimate of drug-likeness (QED) is 0.166. The fourth-order valence-electron chi connectivity index (χ4n) is 13.7. The molecule has 0 radical (unpaired) electrons. The van der Waals surface area contributed by atoms with E-state index in [0.29, 0.717) is 48.3 Å². The summed E-state index contributed by atoms with van der Waals surface area (Å²) in [7, 11) is 0. The minimum absolute atomic E-state index is 0.0142. The summed E-state index contributed by atoms with van der Waals surface area (Å²) in [6.07, 6.45) is -9.25. The summed E-state index contributed by atoms with van der Waals surface area (Å²) in [5.74, 6) is 2.65. The Morgan fingerprint density at radius 1 is 0.733 bits per heavy atom. The van der Waals surface area contributed by atoms with Gasteiger partial charge in [-0.15, -0.1) is 0 Å². The third-order valence-electron chi connectivity index (χ3n) is 17.3. The van der Waals surface area contributed by atoms with Crippen LogP contribution in [0.4, 0.5) is 0 Å². The van der Waals surface area contributed by atoms with Crippen LogP contribution in [-0.4, -0.2) is 165 Å². The van der Waals surface area contributed by atoms with Crippen LogP contribution < -0.4 is 0 Å². The van der Waals surface area contributed by atoms with E-state index in [-0.39, 0.29) is 29.6 Å². The molecule has 342 valence electrons. The second kappa shape index (κ2) is 16.5. The number of hydrogen-bond donors (Lipinski definition) is 8. The molecule has 0 aromatic carbocycles. The van der Waals surface area contributed by atoms with Crippen LogP contribution in [0, 0.1) is 46.3 Å². The Labute approximate surface area is 352 Å². The number of aliphatic hydroxyl groups excluding tert-OH is 8. The fourth-order valence-corrected chi connectivity index (χ4v) is 13.7. The van der Waals surface area contributed by atoms with Crippen LogP contribution in [-0.2, 0) is 37.9 Å². The molecule has 0 bridgehead atoms. The molecular weight excluding hydrogens is 784 g/mol. The lowest BCUT2D eigenvalue weighted by molar-refractivity contribution is -0.385. The minimum atomic E-state index is -1.70. The van der Waals surface area contributed by atoms with Crippen molar-refractivity contribution in [1.82, 2.24) is 0 Å². The van der Waals surface area contributed by atoms with Gasteiger partial charge >= 0.3 is 0 Å². The van der Waals surface area contributed by atoms with Crippen molar-refractivity contribution in [2.24, 2.45) is 46.3 Å². The Hall–Kier alpha value is -0.900. The van der Waals surface area contributed by atoms with E-state index < -0.39 is 98.4 Å². The molecule has 0 aromatic heterocycles. The van der Waals surface area contributed by atoms with Crippen molar-refractivity contribution < 1.29 is 78.7 Å². The summed E-state index contributed by atoms with van der Waals surface area (Å²) in [6.45, 7) is 10.9. The van der Waals surface area contributed by atoms with Crippen molar-refractivity contribution in [3.05, 3.63) is 11.6 Å². The Morgan fingerprint density at radius 3 is 2.22 bits per heavy atom. The molecule has 5 aliphatic heterocycles. The maximum atomic E-state index is 11.9. The molecule has 9 rings (SSSR count). The Bertz CT molecular complexity index is 1560. The summed E-state index contributed by atoms with van der Waals surface area (Å²) in [4.78, 5) is 0. The topological polar surface area (TPSA) is 236 Å². The van der Waals surface area contributed by atoms with Gasteiger partial charge in [0, 0.05) is 12.3 Å². The lowest BCUT2D eigenvalue weighted by Crippen LogP contribution is -2.66. The van der Waals surface area contributed by atoms with Gasteiger partial charge in [0.1, 0.15) is 61.0 Å². The lowest BCUT2D eigenvalue weighted by Gasteiger charge is -2.58. The predicted molar refractivity (Wildman–Crippen MR) is 208 cm³/mol. The van der Waals surface area contributed by atoms with Gasteiger partial charge in [-0.05, 0) is 98.7 Å². The molecule has 19 unspecified atom stereocenters. The molecule has 8 N–H and O–H groups in total. The zero-order valence-corrected chi connectivity index (χ0v) is 35.6. The van der Waals surface area contributed by atoms with Crippen LogP contribution in [0.2, 0.25) is 0 Å². The molecule has 3 saturated carbocycles. The summed E-state index contributed by atoms with van der Waals surface area (Å²) >= 11 is 0. The van der Waals surface area contributed by atoms with E-state index in [4.69, 9.17) is 37.9 Å². The third kappa shape index (κ3) is 7.19. The van der Waals surface area contributed by atoms with Crippen molar-refractivity contribution in [2.45, 2.75) is 196 Å². The highest BCUT2D eigenvalue weighted by molar-refractivity contribution is 5.26. The normalized spacial score (nSPS) is 57.9. The largest absolute Gasteiger partial charge is 0.394 e. The van der Waals surface area contributed by atoms with Crippen LogP contribution in [0.5, 0.6) is 0 Å². The summed E-state index contributed by atoms with van der Waals surface area (Å²) in [5.41, 5.74) is 1.54. The van der Waals surface area contributed by atoms with Gasteiger partial charge in [-0.2, -0.15) is 0 Å². The van der Waals surface area contributed by atoms with E-state index >= 15 is 0 Å². The van der Waals surface area contributed by atoms with Gasteiger partial charge in [0.2, 0.25) is 0 Å². The van der Waals surface area contributed by atoms with E-state index in [2.05, 4.69) is 33.8 Å². The van der Waals surface area contributed by atoms with Gasteiger partial charge in [0.25, 0.3) is 0 Å². The molecule has 4 aliphatic carbocycles. The maximum absolute atomic E-state index is 11.9. The highest BCUT2D eigenvalue weighted by Crippen LogP contribution is 2.70. The summed E-state index contributed by atoms with van der Waals surface area (Å²) in [6, 6.07) is 0. The molecular formula is C44H70O16. The zero-order valence-electron chi connectivity index (χ0n) is 35.6. The molecule has 9 aliphatic rings. The Morgan fingerprint density at radius 2 is 1.48 bits per heavy atom. The number of aliphatic hydroxyl groups is 8. The van der Waals surface area contributed by atoms with Crippen molar-refractivity contribution in [2.75, 3.05) is 19.8 Å². The minimum Gasteiger partial charge on any atom is -0.394 e. The van der Waals surface area contributed by atoms with Crippen LogP contribution in [0.25, 0.3) is 0 Å². The Balaban J connectivity index is 0.913. The van der Waals surface area contributed by atoms with Gasteiger partial charge < -0.3 is 78.7 Å². The number of fused-ring (bicyclic) bond motifs is 7. The van der Waals surface area contributed by atoms with Crippen molar-refractivity contribution >= 4 is 0 Å². The number of rotatable bonds is 7. The zero-order chi connectivity index (χ0) is 42.6. The highest BCUT2D eigenvalue weighted by atomic mass is 16.8. The van der Waals surface area contributed by atoms with Gasteiger partial charge in [0.15, 0.2) is 24.7 Å². The molecule has 0 aromatic rings. The van der Waals surface area contributed by atoms with Crippen molar-refractivity contribution in [3.8, 4) is 0 Å². The third-order valence-corrected chi connectivity index (χ3v) is 17.3. The fraction of sp³-hybridized carbons (Fsp3) is 0.955. The first-order valence-corrected chi connectivity index (χ1v) is 22.8. The van der Waals surface area contributed by atoms with Gasteiger partial charge in [-0.3, -0.25) is 0 Å². The SMILES string of the molecule is CC1OC(OC2C(O[C@@H]3CC[C@]4(C)C(=CCC5C6CC7O[C@@]8(CC[C@H](C)CO8)[C@H](C)C7[C@]6(C)CCC54)C3)OC(CO)C(OC3OCC(O)C(O)C3O)C2O)C(O)C(O)C1O. The van der Waals surface area contributed by atoms with Gasteiger partial charge in [-0.25, -0.2) is 0 Å². The monoisotopic (exact) mass is 854 g/mol. The second-order valence-corrected chi connectivity index (χ2v) is 20.6. The van der Waals surface area contributed by atoms with E-state index in [0.717, 1.165) is 45.1 Å². The van der Waals surface area contributed by atoms with Crippen molar-refractivity contribution in [1.29, 1.82) is 0 Å². The highest BCUT2D eigenvalue weighted by Gasteiger charge is 2.69. The number of ether oxygens (including phenoxy) is 8. The first-order valence-electron chi connectivity index (χ1n) is 22.8. The van der Waals surface area contributed by atoms with Crippen LogP contribution >= 0.6 is 0 Å². The molecule has 16 heteroatoms. The number of allylic oxidation sites excluding steroid dienone is 1. The van der Waals surface area contributed by atoms with Crippen LogP contribution in [0.15, 0.2) is 11.6 Å². The molecule has 0 amide bonds. The van der Waals surface area contributed by atoms with E-state index in [9.17, 15) is 40.9 Å². The molecule has 5 saturated heterocycles. The average Bonchev–Trinajstić information content (AvgIpc) is 3.68. The molecule has 1 spiro atoms. The first-order chi connectivity index (χ1) is 28.5. The van der Waals surface area contributed by atoms with Gasteiger partial charge in [-0.1, -0.05) is 39.3 Å². The summed E-state index contributed by atoms with van der Waals surface area (Å²) in [5, 5.41) is 85.1. The molecule has 8 fully saturated rings. The molecule has 60 heavy (non-hydrogen) atoms. The lowest BCUT2D eigenvalue weighted by atomic mass is 9.47. The smallest absolute Gasteiger partial charge is 0.187 e.